The molecule has 1 spiro atoms. The Morgan fingerprint density at radius 1 is 1.28 bits per heavy atom. The van der Waals surface area contributed by atoms with Crippen LogP contribution in [-0.4, -0.2) is 56.8 Å². The van der Waals surface area contributed by atoms with Crippen LogP contribution in [0.4, 0.5) is 0 Å². The Balaban J connectivity index is 1.91. The standard InChI is InChI=1S/C16H21NO6S2/c1-12-9-13(15(18)19)3-4-14(12)25(22,23)17-7-2-5-16(10-17)6-8-24(20,21)11-16/h3-4,9H,2,5-8,10-11H2,1H3,(H,18,19). The normalized spacial score (nSPS) is 26.8. The number of aromatic carboxylic acids is 1. The molecule has 2 saturated heterocycles. The Bertz CT molecular complexity index is 922. The van der Waals surface area contributed by atoms with Crippen molar-refractivity contribution in [2.45, 2.75) is 31.1 Å². The first-order chi connectivity index (χ1) is 11.5. The highest BCUT2D eigenvalue weighted by Gasteiger charge is 2.47. The summed E-state index contributed by atoms with van der Waals surface area (Å²) < 4.78 is 51.1. The van der Waals surface area contributed by atoms with Crippen molar-refractivity contribution in [3.63, 3.8) is 0 Å². The number of hydrogen-bond acceptors (Lipinski definition) is 5. The predicted octanol–water partition coefficient (Wildman–Crippen LogP) is 1.28. The van der Waals surface area contributed by atoms with Crippen LogP contribution in [0.2, 0.25) is 0 Å². The van der Waals surface area contributed by atoms with Crippen molar-refractivity contribution in [1.29, 1.82) is 0 Å². The molecule has 2 fully saturated rings. The number of carboxylic acid groups (broad SMARTS) is 1. The molecule has 0 bridgehead atoms. The van der Waals surface area contributed by atoms with E-state index in [-0.39, 0.29) is 28.5 Å². The summed E-state index contributed by atoms with van der Waals surface area (Å²) in [5, 5.41) is 9.02. The highest BCUT2D eigenvalue weighted by molar-refractivity contribution is 7.91. The van der Waals surface area contributed by atoms with Crippen LogP contribution < -0.4 is 0 Å². The number of hydrogen-bond donors (Lipinski definition) is 1. The lowest BCUT2D eigenvalue weighted by Crippen LogP contribution is -2.46. The summed E-state index contributed by atoms with van der Waals surface area (Å²) in [5.41, 5.74) is -0.0778. The Kier molecular flexibility index (Phi) is 4.45. The number of aryl methyl sites for hydroxylation is 1. The summed E-state index contributed by atoms with van der Waals surface area (Å²) in [6, 6.07) is 3.94. The maximum Gasteiger partial charge on any atom is 0.335 e. The number of carbonyl (C=O) groups is 1. The second kappa shape index (κ2) is 6.07. The molecule has 1 aromatic rings. The minimum Gasteiger partial charge on any atom is -0.478 e. The van der Waals surface area contributed by atoms with E-state index in [1.165, 1.54) is 22.5 Å². The third-order valence-electron chi connectivity index (χ3n) is 5.14. The lowest BCUT2D eigenvalue weighted by Gasteiger charge is -2.39. The van der Waals surface area contributed by atoms with Crippen molar-refractivity contribution in [3.8, 4) is 0 Å². The molecule has 0 aliphatic carbocycles. The lowest BCUT2D eigenvalue weighted by molar-refractivity contribution is 0.0696. The molecular formula is C16H21NO6S2. The molecular weight excluding hydrogens is 366 g/mol. The molecule has 1 aromatic carbocycles. The van der Waals surface area contributed by atoms with Gasteiger partial charge in [0.05, 0.1) is 22.0 Å². The monoisotopic (exact) mass is 387 g/mol. The highest BCUT2D eigenvalue weighted by atomic mass is 32.2. The third-order valence-corrected chi connectivity index (χ3v) is 9.02. The van der Waals surface area contributed by atoms with Gasteiger partial charge >= 0.3 is 5.97 Å². The SMILES string of the molecule is Cc1cc(C(=O)O)ccc1S(=O)(=O)N1CCCC2(CCS(=O)(=O)C2)C1. The van der Waals surface area contributed by atoms with Gasteiger partial charge in [0.15, 0.2) is 9.84 Å². The molecule has 1 atom stereocenters. The van der Waals surface area contributed by atoms with E-state index < -0.39 is 31.2 Å². The number of carboxylic acids is 1. The molecule has 7 nitrogen and oxygen atoms in total. The molecule has 9 heteroatoms. The van der Waals surface area contributed by atoms with Crippen LogP contribution in [0.1, 0.15) is 35.2 Å². The smallest absolute Gasteiger partial charge is 0.335 e. The van der Waals surface area contributed by atoms with Gasteiger partial charge < -0.3 is 5.11 Å². The van der Waals surface area contributed by atoms with Gasteiger partial charge in [-0.3, -0.25) is 0 Å². The van der Waals surface area contributed by atoms with Gasteiger partial charge in [0.2, 0.25) is 10.0 Å². The van der Waals surface area contributed by atoms with Gasteiger partial charge in [-0.05, 0) is 55.4 Å². The molecule has 1 N–H and O–H groups in total. The zero-order chi connectivity index (χ0) is 18.5. The van der Waals surface area contributed by atoms with Crippen molar-refractivity contribution < 1.29 is 26.7 Å². The maximum absolute atomic E-state index is 13.0. The van der Waals surface area contributed by atoms with E-state index in [0.29, 0.717) is 24.9 Å². The van der Waals surface area contributed by atoms with Gasteiger partial charge in [-0.15, -0.1) is 0 Å². The molecule has 3 rings (SSSR count). The van der Waals surface area contributed by atoms with Crippen LogP contribution in [0.25, 0.3) is 0 Å². The van der Waals surface area contributed by atoms with Crippen LogP contribution in [0.15, 0.2) is 23.1 Å². The number of benzene rings is 1. The van der Waals surface area contributed by atoms with Crippen molar-refractivity contribution in [2.75, 3.05) is 24.6 Å². The third kappa shape index (κ3) is 3.45. The fourth-order valence-corrected chi connectivity index (χ4v) is 7.88. The zero-order valence-corrected chi connectivity index (χ0v) is 15.6. The van der Waals surface area contributed by atoms with Crippen LogP contribution in [-0.2, 0) is 19.9 Å². The second-order valence-corrected chi connectivity index (χ2v) is 11.2. The van der Waals surface area contributed by atoms with Crippen molar-refractivity contribution in [1.82, 2.24) is 4.31 Å². The molecule has 138 valence electrons. The number of sulfonamides is 1. The average Bonchev–Trinajstić information content (AvgIpc) is 2.81. The Labute approximate surface area is 147 Å². The van der Waals surface area contributed by atoms with Crippen molar-refractivity contribution in [2.24, 2.45) is 5.41 Å². The maximum atomic E-state index is 13.0. The van der Waals surface area contributed by atoms with Crippen LogP contribution >= 0.6 is 0 Å². The largest absolute Gasteiger partial charge is 0.478 e. The molecule has 2 aliphatic rings. The summed E-state index contributed by atoms with van der Waals surface area (Å²) in [6.45, 7) is 2.12. The molecule has 2 heterocycles. The number of sulfone groups is 1. The highest BCUT2D eigenvalue weighted by Crippen LogP contribution is 2.41. The summed E-state index contributed by atoms with van der Waals surface area (Å²) >= 11 is 0. The van der Waals surface area contributed by atoms with Crippen LogP contribution in [0.3, 0.4) is 0 Å². The van der Waals surface area contributed by atoms with Crippen LogP contribution in [0, 0.1) is 12.3 Å². The molecule has 1 unspecified atom stereocenters. The minimum absolute atomic E-state index is 0.0356. The molecule has 0 aromatic heterocycles. The topological polar surface area (TPSA) is 109 Å². The number of piperidine rings is 1. The number of nitrogens with zero attached hydrogens (tertiary/aromatic N) is 1. The van der Waals surface area contributed by atoms with E-state index in [2.05, 4.69) is 0 Å². The van der Waals surface area contributed by atoms with E-state index in [1.54, 1.807) is 6.92 Å². The van der Waals surface area contributed by atoms with E-state index in [1.807, 2.05) is 0 Å². The quantitative estimate of drug-likeness (QED) is 0.837. The predicted molar refractivity (Wildman–Crippen MR) is 91.8 cm³/mol. The first-order valence-corrected chi connectivity index (χ1v) is 11.4. The summed E-state index contributed by atoms with van der Waals surface area (Å²) in [5.74, 6) is -0.948. The first kappa shape index (κ1) is 18.3. The van der Waals surface area contributed by atoms with Gasteiger partial charge in [0.25, 0.3) is 0 Å². The van der Waals surface area contributed by atoms with E-state index in [4.69, 9.17) is 5.11 Å². The van der Waals surface area contributed by atoms with E-state index in [0.717, 1.165) is 6.42 Å². The molecule has 0 radical (unpaired) electrons. The van der Waals surface area contributed by atoms with Gasteiger partial charge in [0.1, 0.15) is 0 Å². The molecule has 0 saturated carbocycles. The minimum atomic E-state index is -3.79. The van der Waals surface area contributed by atoms with Crippen molar-refractivity contribution in [3.05, 3.63) is 29.3 Å². The first-order valence-electron chi connectivity index (χ1n) is 8.09. The summed E-state index contributed by atoms with van der Waals surface area (Å²) in [7, 11) is -6.89. The fourth-order valence-electron chi connectivity index (χ4n) is 3.88. The van der Waals surface area contributed by atoms with E-state index in [9.17, 15) is 21.6 Å². The van der Waals surface area contributed by atoms with Gasteiger partial charge in [-0.25, -0.2) is 21.6 Å². The average molecular weight is 387 g/mol. The molecule has 2 aliphatic heterocycles. The fraction of sp³-hybridized carbons (Fsp3) is 0.562. The van der Waals surface area contributed by atoms with Crippen molar-refractivity contribution >= 4 is 25.8 Å². The summed E-state index contributed by atoms with van der Waals surface area (Å²) in [4.78, 5) is 11.1. The Morgan fingerprint density at radius 2 is 2.00 bits per heavy atom. The lowest BCUT2D eigenvalue weighted by atomic mass is 9.80. The molecule has 0 amide bonds. The zero-order valence-electron chi connectivity index (χ0n) is 13.9. The Morgan fingerprint density at radius 3 is 2.56 bits per heavy atom. The van der Waals surface area contributed by atoms with Gasteiger partial charge in [-0.1, -0.05) is 0 Å². The molecule has 25 heavy (non-hydrogen) atoms. The Hall–Kier alpha value is -1.45. The van der Waals surface area contributed by atoms with Gasteiger partial charge in [0, 0.05) is 13.1 Å². The van der Waals surface area contributed by atoms with Crippen LogP contribution in [0.5, 0.6) is 0 Å². The van der Waals surface area contributed by atoms with E-state index >= 15 is 0 Å². The summed E-state index contributed by atoms with van der Waals surface area (Å²) in [6.07, 6.45) is 1.84. The second-order valence-electron chi connectivity index (χ2n) is 7.07. The number of rotatable bonds is 3. The van der Waals surface area contributed by atoms with Gasteiger partial charge in [-0.2, -0.15) is 4.31 Å².